The molecule has 1 heterocycles. The van der Waals surface area contributed by atoms with Crippen molar-refractivity contribution in [1.82, 2.24) is 10.2 Å². The van der Waals surface area contributed by atoms with Crippen LogP contribution in [0.3, 0.4) is 0 Å². The Morgan fingerprint density at radius 2 is 1.85 bits per heavy atom. The number of nitrogens with one attached hydrogen (secondary N) is 2. The molecule has 3 rings (SSSR count). The van der Waals surface area contributed by atoms with Crippen LogP contribution < -0.4 is 15.4 Å². The van der Waals surface area contributed by atoms with Crippen LogP contribution in [-0.4, -0.2) is 23.2 Å². The summed E-state index contributed by atoms with van der Waals surface area (Å²) in [5.74, 6) is 0.890. The summed E-state index contributed by atoms with van der Waals surface area (Å²) in [5, 5.41) is 22.9. The Labute approximate surface area is 156 Å². The zero-order chi connectivity index (χ0) is 19.1. The highest BCUT2D eigenvalue weighted by atomic mass is 16.5. The van der Waals surface area contributed by atoms with E-state index in [1.54, 1.807) is 43.5 Å². The fourth-order valence-corrected chi connectivity index (χ4v) is 2.46. The Hall–Kier alpha value is -3.92. The average Bonchev–Trinajstić information content (AvgIpc) is 2.73. The number of hydrogen-bond acceptors (Lipinski definition) is 6. The van der Waals surface area contributed by atoms with Gasteiger partial charge in [0.05, 0.1) is 18.4 Å². The van der Waals surface area contributed by atoms with Gasteiger partial charge in [-0.25, -0.2) is 0 Å². The van der Waals surface area contributed by atoms with Gasteiger partial charge in [0.15, 0.2) is 5.69 Å². The molecule has 1 aromatic heterocycles. The van der Waals surface area contributed by atoms with Crippen molar-refractivity contribution in [2.24, 2.45) is 0 Å². The van der Waals surface area contributed by atoms with E-state index >= 15 is 0 Å². The molecule has 134 valence electrons. The maximum atomic E-state index is 12.3. The minimum absolute atomic E-state index is 0.158. The number of nitriles is 1. The van der Waals surface area contributed by atoms with Crippen molar-refractivity contribution in [2.75, 3.05) is 17.7 Å². The molecule has 0 aliphatic rings. The lowest BCUT2D eigenvalue weighted by molar-refractivity contribution is 0.102. The molecule has 0 spiro atoms. The van der Waals surface area contributed by atoms with E-state index < -0.39 is 5.91 Å². The van der Waals surface area contributed by atoms with E-state index in [1.165, 1.54) is 0 Å². The molecule has 0 bridgehead atoms. The minimum Gasteiger partial charge on any atom is -0.496 e. The molecular weight excluding hydrogens is 342 g/mol. The van der Waals surface area contributed by atoms with Crippen LogP contribution in [0, 0.1) is 11.3 Å². The van der Waals surface area contributed by atoms with Crippen molar-refractivity contribution in [3.05, 3.63) is 77.5 Å². The van der Waals surface area contributed by atoms with Crippen molar-refractivity contribution in [2.45, 2.75) is 6.54 Å². The standard InChI is InChI=1S/C20H17N5O2/c1-27-18-9-5-3-7-15(18)13-22-19-11-10-17(24-25-19)20(26)23-16-8-4-2-6-14(16)12-21/h2-11H,13H2,1H3,(H,22,25)(H,23,26). The third-order valence-corrected chi connectivity index (χ3v) is 3.85. The molecule has 0 saturated carbocycles. The van der Waals surface area contributed by atoms with Gasteiger partial charge in [-0.2, -0.15) is 5.26 Å². The van der Waals surface area contributed by atoms with E-state index in [2.05, 4.69) is 20.8 Å². The second-order valence-corrected chi connectivity index (χ2v) is 5.58. The molecule has 3 aromatic rings. The quantitative estimate of drug-likeness (QED) is 0.701. The Balaban J connectivity index is 1.64. The van der Waals surface area contributed by atoms with Crippen LogP contribution >= 0.6 is 0 Å². The Morgan fingerprint density at radius 1 is 1.07 bits per heavy atom. The van der Waals surface area contributed by atoms with Gasteiger partial charge in [-0.15, -0.1) is 10.2 Å². The van der Waals surface area contributed by atoms with Gasteiger partial charge >= 0.3 is 0 Å². The number of aromatic nitrogens is 2. The summed E-state index contributed by atoms with van der Waals surface area (Å²) in [5.41, 5.74) is 1.96. The van der Waals surface area contributed by atoms with E-state index in [9.17, 15) is 4.79 Å². The first-order valence-electron chi connectivity index (χ1n) is 8.21. The topological polar surface area (TPSA) is 99.9 Å². The molecule has 1 amide bonds. The number of para-hydroxylation sites is 2. The number of nitrogens with zero attached hydrogens (tertiary/aromatic N) is 3. The second-order valence-electron chi connectivity index (χ2n) is 5.58. The molecule has 27 heavy (non-hydrogen) atoms. The van der Waals surface area contributed by atoms with Crippen LogP contribution in [0.4, 0.5) is 11.5 Å². The predicted molar refractivity (Wildman–Crippen MR) is 101 cm³/mol. The first kappa shape index (κ1) is 17.9. The van der Waals surface area contributed by atoms with E-state index in [1.807, 2.05) is 30.3 Å². The fraction of sp³-hybridized carbons (Fsp3) is 0.100. The van der Waals surface area contributed by atoms with E-state index in [-0.39, 0.29) is 5.69 Å². The van der Waals surface area contributed by atoms with E-state index in [4.69, 9.17) is 10.00 Å². The zero-order valence-electron chi connectivity index (χ0n) is 14.6. The highest BCUT2D eigenvalue weighted by molar-refractivity contribution is 6.03. The van der Waals surface area contributed by atoms with Gasteiger partial charge in [0, 0.05) is 12.1 Å². The average molecular weight is 359 g/mol. The number of rotatable bonds is 6. The maximum Gasteiger partial charge on any atom is 0.276 e. The van der Waals surface area contributed by atoms with Crippen LogP contribution in [0.15, 0.2) is 60.7 Å². The smallest absolute Gasteiger partial charge is 0.276 e. The van der Waals surface area contributed by atoms with Gasteiger partial charge in [-0.1, -0.05) is 30.3 Å². The number of benzene rings is 2. The summed E-state index contributed by atoms with van der Waals surface area (Å²) in [6.45, 7) is 0.514. The summed E-state index contributed by atoms with van der Waals surface area (Å²) >= 11 is 0. The lowest BCUT2D eigenvalue weighted by Gasteiger charge is -2.10. The molecule has 2 aromatic carbocycles. The lowest BCUT2D eigenvalue weighted by atomic mass is 10.2. The second kappa shape index (κ2) is 8.45. The van der Waals surface area contributed by atoms with Gasteiger partial charge in [-0.05, 0) is 30.3 Å². The molecule has 0 unspecified atom stereocenters. The number of carbonyl (C=O) groups excluding carboxylic acids is 1. The summed E-state index contributed by atoms with van der Waals surface area (Å²) in [4.78, 5) is 12.3. The van der Waals surface area contributed by atoms with E-state index in [0.29, 0.717) is 23.6 Å². The molecule has 0 aliphatic carbocycles. The summed E-state index contributed by atoms with van der Waals surface area (Å²) < 4.78 is 5.31. The third-order valence-electron chi connectivity index (χ3n) is 3.85. The maximum absolute atomic E-state index is 12.3. The molecular formula is C20H17N5O2. The molecule has 2 N–H and O–H groups in total. The van der Waals surface area contributed by atoms with Gasteiger partial charge < -0.3 is 15.4 Å². The number of ether oxygens (including phenoxy) is 1. The van der Waals surface area contributed by atoms with Crippen LogP contribution in [0.1, 0.15) is 21.6 Å². The highest BCUT2D eigenvalue weighted by Crippen LogP contribution is 2.18. The largest absolute Gasteiger partial charge is 0.496 e. The first-order valence-corrected chi connectivity index (χ1v) is 8.21. The SMILES string of the molecule is COc1ccccc1CNc1ccc(C(=O)Nc2ccccc2C#N)nn1. The van der Waals surface area contributed by atoms with Crippen molar-refractivity contribution in [3.8, 4) is 11.8 Å². The van der Waals surface area contributed by atoms with Crippen molar-refractivity contribution in [1.29, 1.82) is 5.26 Å². The van der Waals surface area contributed by atoms with Gasteiger partial charge in [0.2, 0.25) is 0 Å². The van der Waals surface area contributed by atoms with Gasteiger partial charge in [-0.3, -0.25) is 4.79 Å². The normalized spacial score (nSPS) is 9.93. The number of methoxy groups -OCH3 is 1. The highest BCUT2D eigenvalue weighted by Gasteiger charge is 2.11. The molecule has 7 nitrogen and oxygen atoms in total. The van der Waals surface area contributed by atoms with Crippen LogP contribution in [0.2, 0.25) is 0 Å². The third kappa shape index (κ3) is 4.38. The summed E-state index contributed by atoms with van der Waals surface area (Å²) in [6.07, 6.45) is 0. The van der Waals surface area contributed by atoms with Crippen LogP contribution in [-0.2, 0) is 6.54 Å². The number of amides is 1. The Morgan fingerprint density at radius 3 is 2.59 bits per heavy atom. The van der Waals surface area contributed by atoms with Crippen molar-refractivity contribution >= 4 is 17.4 Å². The van der Waals surface area contributed by atoms with Crippen molar-refractivity contribution in [3.63, 3.8) is 0 Å². The predicted octanol–water partition coefficient (Wildman–Crippen LogP) is 3.22. The van der Waals surface area contributed by atoms with Gasteiger partial charge in [0.1, 0.15) is 17.6 Å². The molecule has 0 aliphatic heterocycles. The lowest BCUT2D eigenvalue weighted by Crippen LogP contribution is -2.15. The molecule has 7 heteroatoms. The zero-order valence-corrected chi connectivity index (χ0v) is 14.6. The molecule has 0 saturated heterocycles. The Kier molecular flexibility index (Phi) is 5.60. The van der Waals surface area contributed by atoms with Crippen LogP contribution in [0.25, 0.3) is 0 Å². The monoisotopic (exact) mass is 359 g/mol. The number of hydrogen-bond donors (Lipinski definition) is 2. The number of anilines is 2. The molecule has 0 fully saturated rings. The van der Waals surface area contributed by atoms with Gasteiger partial charge in [0.25, 0.3) is 5.91 Å². The number of carbonyl (C=O) groups is 1. The summed E-state index contributed by atoms with van der Waals surface area (Å²) in [6, 6.07) is 19.7. The Bertz CT molecular complexity index is 980. The van der Waals surface area contributed by atoms with Crippen molar-refractivity contribution < 1.29 is 9.53 Å². The van der Waals surface area contributed by atoms with Crippen LogP contribution in [0.5, 0.6) is 5.75 Å². The van der Waals surface area contributed by atoms with E-state index in [0.717, 1.165) is 11.3 Å². The molecule has 0 radical (unpaired) electrons. The first-order chi connectivity index (χ1) is 13.2. The minimum atomic E-state index is -0.429. The fourth-order valence-electron chi connectivity index (χ4n) is 2.46. The molecule has 0 atom stereocenters. The summed E-state index contributed by atoms with van der Waals surface area (Å²) in [7, 11) is 1.62.